The van der Waals surface area contributed by atoms with E-state index in [1.165, 1.54) is 0 Å². The van der Waals surface area contributed by atoms with Crippen molar-refractivity contribution in [3.63, 3.8) is 0 Å². The Morgan fingerprint density at radius 3 is 2.38 bits per heavy atom. The van der Waals surface area contributed by atoms with Gasteiger partial charge in [0.25, 0.3) is 0 Å². The molecule has 0 unspecified atom stereocenters. The zero-order chi connectivity index (χ0) is 15.3. The van der Waals surface area contributed by atoms with E-state index in [0.29, 0.717) is 38.8 Å². The first-order chi connectivity index (χ1) is 9.95. The second-order valence-electron chi connectivity index (χ2n) is 6.45. The summed E-state index contributed by atoms with van der Waals surface area (Å²) >= 11 is 0. The van der Waals surface area contributed by atoms with E-state index in [4.69, 9.17) is 0 Å². The molecule has 2 atom stereocenters. The molecular weight excluding hydrogens is 274 g/mol. The van der Waals surface area contributed by atoms with Crippen LogP contribution in [0.5, 0.6) is 0 Å². The van der Waals surface area contributed by atoms with Gasteiger partial charge in [0, 0.05) is 25.9 Å². The van der Waals surface area contributed by atoms with Gasteiger partial charge in [-0.15, -0.1) is 6.58 Å². The van der Waals surface area contributed by atoms with Crippen LogP contribution in [0.2, 0.25) is 0 Å². The molecule has 2 aliphatic heterocycles. The van der Waals surface area contributed by atoms with Gasteiger partial charge in [-0.25, -0.2) is 8.78 Å². The van der Waals surface area contributed by atoms with Crippen molar-refractivity contribution in [1.29, 1.82) is 0 Å². The predicted molar refractivity (Wildman–Crippen MR) is 79.6 cm³/mol. The minimum atomic E-state index is -1.37. The summed E-state index contributed by atoms with van der Waals surface area (Å²) in [6.45, 7) is 5.36. The van der Waals surface area contributed by atoms with Crippen molar-refractivity contribution in [2.75, 3.05) is 26.2 Å². The van der Waals surface area contributed by atoms with Crippen molar-refractivity contribution in [3.05, 3.63) is 24.9 Å². The molecule has 2 heterocycles. The van der Waals surface area contributed by atoms with Gasteiger partial charge >= 0.3 is 0 Å². The topological polar surface area (TPSA) is 26.7 Å². The summed E-state index contributed by atoms with van der Waals surface area (Å²) in [5, 5.41) is 10.5. The summed E-state index contributed by atoms with van der Waals surface area (Å²) in [5.74, 6) is 0. The molecule has 2 saturated heterocycles. The third kappa shape index (κ3) is 4.78. The molecule has 120 valence electrons. The average molecular weight is 300 g/mol. The number of hydroxylamine groups is 2. The molecular formula is C16H26F2N2O. The van der Waals surface area contributed by atoms with Gasteiger partial charge in [0.2, 0.25) is 0 Å². The van der Waals surface area contributed by atoms with Crippen LogP contribution in [-0.4, -0.2) is 52.7 Å². The number of alkyl halides is 2. The molecule has 2 fully saturated rings. The fourth-order valence-corrected chi connectivity index (χ4v) is 3.32. The Morgan fingerprint density at radius 2 is 1.71 bits per heavy atom. The highest BCUT2D eigenvalue weighted by atomic mass is 19.1. The number of rotatable bonds is 5. The molecule has 3 nitrogen and oxygen atoms in total. The van der Waals surface area contributed by atoms with Crippen LogP contribution in [-0.2, 0) is 0 Å². The Balaban J connectivity index is 1.84. The molecule has 0 radical (unpaired) electrons. The summed E-state index contributed by atoms with van der Waals surface area (Å²) in [6.07, 6.45) is 8.35. The molecule has 2 rings (SSSR count). The second-order valence-corrected chi connectivity index (χ2v) is 6.45. The Hall–Kier alpha value is -0.940. The van der Waals surface area contributed by atoms with Crippen LogP contribution in [0.1, 0.15) is 38.5 Å². The van der Waals surface area contributed by atoms with Crippen molar-refractivity contribution < 1.29 is 14.0 Å². The van der Waals surface area contributed by atoms with E-state index in [1.54, 1.807) is 12.2 Å². The van der Waals surface area contributed by atoms with Gasteiger partial charge in [0.15, 0.2) is 0 Å². The molecule has 0 saturated carbocycles. The fraction of sp³-hybridized carbons (Fsp3) is 0.750. The highest BCUT2D eigenvalue weighted by Gasteiger charge is 2.35. The van der Waals surface area contributed by atoms with Crippen LogP contribution in [0.4, 0.5) is 8.78 Å². The van der Waals surface area contributed by atoms with E-state index >= 15 is 0 Å². The number of hydrogen-bond donors (Lipinski definition) is 1. The molecule has 0 aromatic rings. The molecule has 1 N–H and O–H groups in total. The lowest BCUT2D eigenvalue weighted by atomic mass is 9.91. The first-order valence-corrected chi connectivity index (χ1v) is 7.78. The van der Waals surface area contributed by atoms with Gasteiger partial charge < -0.3 is 10.1 Å². The normalized spacial score (nSPS) is 35.3. The van der Waals surface area contributed by atoms with Crippen molar-refractivity contribution >= 4 is 0 Å². The molecule has 0 aromatic carbocycles. The monoisotopic (exact) mass is 300 g/mol. The standard InChI is InChI=1S/C16H26F2N2O/c1-2-6-15(17)7-3-10-19(13-15)11-4-8-16(18)9-5-12-20(21)14-16/h2,4,11,21H,1,3,5-10,12-14H2/b11-4+/t15-,16-/m0/s1. The molecule has 5 heteroatoms. The molecule has 2 aliphatic rings. The Bertz CT molecular complexity index is 390. The van der Waals surface area contributed by atoms with Crippen LogP contribution in [0.15, 0.2) is 24.9 Å². The minimum absolute atomic E-state index is 0.0564. The first-order valence-electron chi connectivity index (χ1n) is 7.78. The minimum Gasteiger partial charge on any atom is -0.374 e. The number of halogens is 2. The number of piperidine rings is 2. The maximum atomic E-state index is 14.5. The summed E-state index contributed by atoms with van der Waals surface area (Å²) in [5.41, 5.74) is -2.57. The largest absolute Gasteiger partial charge is 0.374 e. The predicted octanol–water partition coefficient (Wildman–Crippen LogP) is 3.46. The number of hydrogen-bond acceptors (Lipinski definition) is 3. The van der Waals surface area contributed by atoms with E-state index in [1.807, 2.05) is 11.1 Å². The number of nitrogens with zero attached hydrogens (tertiary/aromatic N) is 2. The Labute approximate surface area is 125 Å². The number of allylic oxidation sites excluding steroid dienone is 2. The highest BCUT2D eigenvalue weighted by Crippen LogP contribution is 2.30. The lowest BCUT2D eigenvalue weighted by Crippen LogP contribution is -2.44. The average Bonchev–Trinajstić information content (AvgIpc) is 2.38. The van der Waals surface area contributed by atoms with Gasteiger partial charge in [-0.1, -0.05) is 12.2 Å². The smallest absolute Gasteiger partial charge is 0.131 e. The van der Waals surface area contributed by atoms with Gasteiger partial charge in [-0.3, -0.25) is 0 Å². The van der Waals surface area contributed by atoms with E-state index < -0.39 is 11.3 Å². The van der Waals surface area contributed by atoms with E-state index in [0.717, 1.165) is 18.0 Å². The maximum absolute atomic E-state index is 14.5. The molecule has 0 bridgehead atoms. The highest BCUT2D eigenvalue weighted by molar-refractivity contribution is 4.99. The SMILES string of the molecule is C=CC[C@]1(F)CCCN(/C=C/C[C@]2(F)CCCN(O)C2)C1. The fourth-order valence-electron chi connectivity index (χ4n) is 3.32. The van der Waals surface area contributed by atoms with Gasteiger partial charge in [0.05, 0.1) is 13.1 Å². The van der Waals surface area contributed by atoms with Gasteiger partial charge in [0.1, 0.15) is 11.3 Å². The van der Waals surface area contributed by atoms with Crippen molar-refractivity contribution in [3.8, 4) is 0 Å². The quantitative estimate of drug-likeness (QED) is 0.788. The molecule has 0 aliphatic carbocycles. The van der Waals surface area contributed by atoms with E-state index in [-0.39, 0.29) is 13.0 Å². The zero-order valence-corrected chi connectivity index (χ0v) is 12.6. The van der Waals surface area contributed by atoms with Crippen molar-refractivity contribution in [1.82, 2.24) is 9.96 Å². The molecule has 0 aromatic heterocycles. The Morgan fingerprint density at radius 1 is 1.05 bits per heavy atom. The summed E-state index contributed by atoms with van der Waals surface area (Å²) in [7, 11) is 0. The van der Waals surface area contributed by atoms with Crippen molar-refractivity contribution in [2.45, 2.75) is 49.9 Å². The summed E-state index contributed by atoms with van der Waals surface area (Å²) < 4.78 is 29.0. The van der Waals surface area contributed by atoms with E-state index in [2.05, 4.69) is 6.58 Å². The molecule has 0 spiro atoms. The summed E-state index contributed by atoms with van der Waals surface area (Å²) in [4.78, 5) is 1.93. The lowest BCUT2D eigenvalue weighted by molar-refractivity contribution is -0.143. The maximum Gasteiger partial charge on any atom is 0.131 e. The first kappa shape index (κ1) is 16.4. The van der Waals surface area contributed by atoms with Crippen LogP contribution < -0.4 is 0 Å². The van der Waals surface area contributed by atoms with Gasteiger partial charge in [-0.2, -0.15) is 5.06 Å². The van der Waals surface area contributed by atoms with Gasteiger partial charge in [-0.05, 0) is 31.9 Å². The van der Waals surface area contributed by atoms with Crippen LogP contribution >= 0.6 is 0 Å². The summed E-state index contributed by atoms with van der Waals surface area (Å²) in [6, 6.07) is 0. The number of likely N-dealkylation sites (tertiary alicyclic amines) is 1. The Kier molecular flexibility index (Phi) is 5.38. The third-order valence-corrected chi connectivity index (χ3v) is 4.37. The second kappa shape index (κ2) is 6.88. The van der Waals surface area contributed by atoms with Crippen LogP contribution in [0.25, 0.3) is 0 Å². The lowest BCUT2D eigenvalue weighted by Gasteiger charge is -2.37. The third-order valence-electron chi connectivity index (χ3n) is 4.37. The molecule has 0 amide bonds. The van der Waals surface area contributed by atoms with E-state index in [9.17, 15) is 14.0 Å². The molecule has 21 heavy (non-hydrogen) atoms. The van der Waals surface area contributed by atoms with Crippen LogP contribution in [0.3, 0.4) is 0 Å². The van der Waals surface area contributed by atoms with Crippen molar-refractivity contribution in [2.24, 2.45) is 0 Å². The zero-order valence-electron chi connectivity index (χ0n) is 12.6. The van der Waals surface area contributed by atoms with Crippen LogP contribution in [0, 0.1) is 0 Å².